The van der Waals surface area contributed by atoms with Gasteiger partial charge in [0.25, 0.3) is 0 Å². The Bertz CT molecular complexity index is 162. The fourth-order valence-corrected chi connectivity index (χ4v) is 1.21. The molecule has 3 nitrogen and oxygen atoms in total. The normalized spacial score (nSPS) is 12.6. The van der Waals surface area contributed by atoms with E-state index < -0.39 is 0 Å². The van der Waals surface area contributed by atoms with E-state index in [2.05, 4.69) is 50.1 Å². The lowest BCUT2D eigenvalue weighted by atomic mass is 10.2. The van der Waals surface area contributed by atoms with Gasteiger partial charge < -0.3 is 10.2 Å². The Balaban J connectivity index is 3.79. The fourth-order valence-electron chi connectivity index (χ4n) is 1.21. The van der Waals surface area contributed by atoms with E-state index in [9.17, 15) is 0 Å². The molecule has 0 saturated carbocycles. The summed E-state index contributed by atoms with van der Waals surface area (Å²) in [6.07, 6.45) is 1.13. The lowest BCUT2D eigenvalue weighted by molar-refractivity contribution is 0.403. The highest BCUT2D eigenvalue weighted by atomic mass is 15.1. The predicted octanol–water partition coefficient (Wildman–Crippen LogP) is 1.60. The first-order valence-corrected chi connectivity index (χ1v) is 5.50. The average molecular weight is 199 g/mol. The first-order chi connectivity index (χ1) is 6.57. The van der Waals surface area contributed by atoms with E-state index in [1.54, 1.807) is 0 Å². The van der Waals surface area contributed by atoms with Gasteiger partial charge in [-0.2, -0.15) is 0 Å². The third kappa shape index (κ3) is 6.89. The Morgan fingerprint density at radius 1 is 1.36 bits per heavy atom. The molecule has 0 rings (SSSR count). The van der Waals surface area contributed by atoms with E-state index >= 15 is 0 Å². The first kappa shape index (κ1) is 13.4. The molecule has 3 heteroatoms. The third-order valence-corrected chi connectivity index (χ3v) is 1.95. The van der Waals surface area contributed by atoms with Crippen molar-refractivity contribution in [3.05, 3.63) is 0 Å². The van der Waals surface area contributed by atoms with Crippen LogP contribution in [0.4, 0.5) is 0 Å². The summed E-state index contributed by atoms with van der Waals surface area (Å²) in [5.74, 6) is 1.65. The fraction of sp³-hybridized carbons (Fsp3) is 0.909. The number of nitrogens with one attached hydrogen (secondary N) is 1. The largest absolute Gasteiger partial charge is 0.374 e. The Labute approximate surface area is 88.6 Å². The number of amidine groups is 1. The van der Waals surface area contributed by atoms with Crippen molar-refractivity contribution in [2.45, 2.75) is 27.2 Å². The van der Waals surface area contributed by atoms with Crippen molar-refractivity contribution < 1.29 is 0 Å². The molecule has 0 aromatic carbocycles. The molecule has 1 N–H and O–H groups in total. The standard InChI is InChI=1S/C11H25N3/c1-6-12-11(10(2)3)13-8-7-9-14(4)5/h10H,6-9H2,1-5H3,(H,12,13). The molecule has 0 heterocycles. The van der Waals surface area contributed by atoms with Crippen LogP contribution in [-0.4, -0.2) is 44.5 Å². The number of hydrogen-bond acceptors (Lipinski definition) is 2. The van der Waals surface area contributed by atoms with Crippen LogP contribution in [0.3, 0.4) is 0 Å². The van der Waals surface area contributed by atoms with Gasteiger partial charge in [-0.25, -0.2) is 0 Å². The molecule has 84 valence electrons. The highest BCUT2D eigenvalue weighted by molar-refractivity contribution is 5.83. The highest BCUT2D eigenvalue weighted by Crippen LogP contribution is 1.95. The van der Waals surface area contributed by atoms with Gasteiger partial charge in [-0.15, -0.1) is 0 Å². The molecule has 0 amide bonds. The van der Waals surface area contributed by atoms with Gasteiger partial charge in [0.05, 0.1) is 5.84 Å². The van der Waals surface area contributed by atoms with E-state index in [1.165, 1.54) is 0 Å². The first-order valence-electron chi connectivity index (χ1n) is 5.50. The van der Waals surface area contributed by atoms with Crippen molar-refractivity contribution in [2.75, 3.05) is 33.7 Å². The van der Waals surface area contributed by atoms with Crippen LogP contribution in [-0.2, 0) is 0 Å². The third-order valence-electron chi connectivity index (χ3n) is 1.95. The molecule has 0 spiro atoms. The monoisotopic (exact) mass is 199 g/mol. The number of rotatable bonds is 6. The summed E-state index contributed by atoms with van der Waals surface area (Å²) in [6, 6.07) is 0. The van der Waals surface area contributed by atoms with Crippen molar-refractivity contribution in [3.8, 4) is 0 Å². The second-order valence-corrected chi connectivity index (χ2v) is 4.11. The molecule has 0 saturated heterocycles. The summed E-state index contributed by atoms with van der Waals surface area (Å²) < 4.78 is 0. The smallest absolute Gasteiger partial charge is 0.0988 e. The summed E-state index contributed by atoms with van der Waals surface area (Å²) in [7, 11) is 4.19. The van der Waals surface area contributed by atoms with Gasteiger partial charge in [-0.1, -0.05) is 13.8 Å². The molecule has 14 heavy (non-hydrogen) atoms. The van der Waals surface area contributed by atoms with E-state index in [0.717, 1.165) is 31.9 Å². The van der Waals surface area contributed by atoms with Crippen molar-refractivity contribution in [1.29, 1.82) is 0 Å². The van der Waals surface area contributed by atoms with E-state index in [4.69, 9.17) is 0 Å². The van der Waals surface area contributed by atoms with Gasteiger partial charge in [0.15, 0.2) is 0 Å². The number of hydrogen-bond donors (Lipinski definition) is 1. The van der Waals surface area contributed by atoms with Crippen LogP contribution in [0.25, 0.3) is 0 Å². The molecule has 0 unspecified atom stereocenters. The Morgan fingerprint density at radius 3 is 2.43 bits per heavy atom. The summed E-state index contributed by atoms with van der Waals surface area (Å²) in [5.41, 5.74) is 0. The number of nitrogens with zero attached hydrogens (tertiary/aromatic N) is 2. The maximum Gasteiger partial charge on any atom is 0.0988 e. The van der Waals surface area contributed by atoms with Crippen LogP contribution in [0.15, 0.2) is 4.99 Å². The zero-order valence-electron chi connectivity index (χ0n) is 10.3. The number of aliphatic imine (C=N–C) groups is 1. The van der Waals surface area contributed by atoms with Gasteiger partial charge in [0, 0.05) is 19.0 Å². The predicted molar refractivity (Wildman–Crippen MR) is 64.0 cm³/mol. The molecule has 0 radical (unpaired) electrons. The molecule has 0 fully saturated rings. The second kappa shape index (κ2) is 7.80. The van der Waals surface area contributed by atoms with E-state index in [0.29, 0.717) is 5.92 Å². The molecule has 0 atom stereocenters. The second-order valence-electron chi connectivity index (χ2n) is 4.11. The zero-order chi connectivity index (χ0) is 11.0. The minimum Gasteiger partial charge on any atom is -0.374 e. The summed E-state index contributed by atoms with van der Waals surface area (Å²) in [5, 5.41) is 3.31. The van der Waals surface area contributed by atoms with Crippen molar-refractivity contribution in [2.24, 2.45) is 10.9 Å². The Morgan fingerprint density at radius 2 is 2.00 bits per heavy atom. The van der Waals surface area contributed by atoms with E-state index in [1.807, 2.05) is 0 Å². The van der Waals surface area contributed by atoms with Gasteiger partial charge in [0.2, 0.25) is 0 Å². The Kier molecular flexibility index (Phi) is 7.48. The van der Waals surface area contributed by atoms with Crippen LogP contribution >= 0.6 is 0 Å². The van der Waals surface area contributed by atoms with Crippen molar-refractivity contribution in [3.63, 3.8) is 0 Å². The molecular weight excluding hydrogens is 174 g/mol. The van der Waals surface area contributed by atoms with Gasteiger partial charge >= 0.3 is 0 Å². The maximum atomic E-state index is 4.56. The molecule has 0 bridgehead atoms. The Hall–Kier alpha value is -0.570. The molecule has 0 aliphatic rings. The molecule has 0 aromatic rings. The summed E-state index contributed by atoms with van der Waals surface area (Å²) >= 11 is 0. The molecular formula is C11H25N3. The van der Waals surface area contributed by atoms with E-state index in [-0.39, 0.29) is 0 Å². The van der Waals surface area contributed by atoms with Gasteiger partial charge in [0.1, 0.15) is 0 Å². The SMILES string of the molecule is CCNC(=NCCCN(C)C)C(C)C. The lowest BCUT2D eigenvalue weighted by Crippen LogP contribution is -2.28. The van der Waals surface area contributed by atoms with Crippen LogP contribution in [0.1, 0.15) is 27.2 Å². The van der Waals surface area contributed by atoms with Crippen LogP contribution in [0.2, 0.25) is 0 Å². The van der Waals surface area contributed by atoms with Crippen molar-refractivity contribution in [1.82, 2.24) is 10.2 Å². The summed E-state index contributed by atoms with van der Waals surface area (Å²) in [4.78, 5) is 6.76. The average Bonchev–Trinajstić information content (AvgIpc) is 2.09. The molecule has 0 aromatic heterocycles. The summed E-state index contributed by atoms with van der Waals surface area (Å²) in [6.45, 7) is 9.46. The topological polar surface area (TPSA) is 27.6 Å². The molecule has 0 aliphatic carbocycles. The zero-order valence-corrected chi connectivity index (χ0v) is 10.3. The van der Waals surface area contributed by atoms with Crippen LogP contribution < -0.4 is 5.32 Å². The maximum absolute atomic E-state index is 4.56. The molecule has 0 aliphatic heterocycles. The van der Waals surface area contributed by atoms with Crippen molar-refractivity contribution >= 4 is 5.84 Å². The lowest BCUT2D eigenvalue weighted by Gasteiger charge is -2.12. The minimum atomic E-state index is 0.509. The highest BCUT2D eigenvalue weighted by Gasteiger charge is 2.01. The van der Waals surface area contributed by atoms with Gasteiger partial charge in [-0.3, -0.25) is 4.99 Å². The minimum absolute atomic E-state index is 0.509. The quantitative estimate of drug-likeness (QED) is 0.400. The van der Waals surface area contributed by atoms with Crippen LogP contribution in [0.5, 0.6) is 0 Å². The van der Waals surface area contributed by atoms with Gasteiger partial charge in [-0.05, 0) is 34.0 Å². The van der Waals surface area contributed by atoms with Crippen LogP contribution in [0, 0.1) is 5.92 Å².